The van der Waals surface area contributed by atoms with Crippen LogP contribution in [0.25, 0.3) is 0 Å². The average Bonchev–Trinajstić information content (AvgIpc) is 2.94. The van der Waals surface area contributed by atoms with Crippen molar-refractivity contribution in [3.8, 4) is 0 Å². The Bertz CT molecular complexity index is 648. The maximum absolute atomic E-state index is 6.11. The lowest BCUT2D eigenvalue weighted by Gasteiger charge is -2.16. The number of nitrogens with zero attached hydrogens (tertiary/aromatic N) is 1. The third-order valence-corrected chi connectivity index (χ3v) is 3.38. The second-order valence-corrected chi connectivity index (χ2v) is 4.84. The Kier molecular flexibility index (Phi) is 3.34. The SMILES string of the molecule is Clc1cccc(C(c2ccccc2)c2cnc[nH]2)c1. The van der Waals surface area contributed by atoms with Crippen molar-refractivity contribution in [2.24, 2.45) is 0 Å². The predicted octanol–water partition coefficient (Wildman–Crippen LogP) is 4.24. The molecule has 0 aliphatic rings. The minimum absolute atomic E-state index is 0.127. The molecule has 2 aromatic carbocycles. The van der Waals surface area contributed by atoms with E-state index in [0.29, 0.717) is 0 Å². The quantitative estimate of drug-likeness (QED) is 0.756. The molecular weight excluding hydrogens is 256 g/mol. The highest BCUT2D eigenvalue weighted by molar-refractivity contribution is 6.30. The van der Waals surface area contributed by atoms with Crippen LogP contribution in [-0.2, 0) is 0 Å². The van der Waals surface area contributed by atoms with Crippen molar-refractivity contribution in [3.05, 3.63) is 89.0 Å². The zero-order valence-corrected chi connectivity index (χ0v) is 11.0. The van der Waals surface area contributed by atoms with Gasteiger partial charge in [0.15, 0.2) is 0 Å². The van der Waals surface area contributed by atoms with Gasteiger partial charge in [0.1, 0.15) is 0 Å². The number of nitrogens with one attached hydrogen (secondary N) is 1. The highest BCUT2D eigenvalue weighted by atomic mass is 35.5. The van der Waals surface area contributed by atoms with Crippen LogP contribution in [-0.4, -0.2) is 9.97 Å². The summed E-state index contributed by atoms with van der Waals surface area (Å²) >= 11 is 6.11. The van der Waals surface area contributed by atoms with Crippen molar-refractivity contribution in [2.75, 3.05) is 0 Å². The lowest BCUT2D eigenvalue weighted by Crippen LogP contribution is -2.03. The van der Waals surface area contributed by atoms with Crippen LogP contribution in [0.4, 0.5) is 0 Å². The highest BCUT2D eigenvalue weighted by Gasteiger charge is 2.17. The first-order valence-electron chi connectivity index (χ1n) is 6.13. The van der Waals surface area contributed by atoms with E-state index in [4.69, 9.17) is 11.6 Å². The predicted molar refractivity (Wildman–Crippen MR) is 77.4 cm³/mol. The van der Waals surface area contributed by atoms with Crippen molar-refractivity contribution in [2.45, 2.75) is 5.92 Å². The summed E-state index contributed by atoms with van der Waals surface area (Å²) in [5, 5.41) is 0.748. The molecule has 3 aromatic rings. The van der Waals surface area contributed by atoms with Crippen LogP contribution in [0.1, 0.15) is 22.7 Å². The Hall–Kier alpha value is -2.06. The lowest BCUT2D eigenvalue weighted by atomic mass is 9.89. The average molecular weight is 269 g/mol. The first-order chi connectivity index (χ1) is 9.34. The van der Waals surface area contributed by atoms with Gasteiger partial charge < -0.3 is 4.98 Å². The summed E-state index contributed by atoms with van der Waals surface area (Å²) in [6.45, 7) is 0. The molecule has 94 valence electrons. The van der Waals surface area contributed by atoms with Crippen molar-refractivity contribution in [1.29, 1.82) is 0 Å². The molecule has 1 atom stereocenters. The number of hydrogen-bond donors (Lipinski definition) is 1. The molecule has 1 aromatic heterocycles. The molecule has 0 saturated heterocycles. The number of rotatable bonds is 3. The van der Waals surface area contributed by atoms with Crippen molar-refractivity contribution in [1.82, 2.24) is 9.97 Å². The zero-order valence-electron chi connectivity index (χ0n) is 10.3. The number of halogens is 1. The van der Waals surface area contributed by atoms with Gasteiger partial charge >= 0.3 is 0 Å². The van der Waals surface area contributed by atoms with E-state index in [2.05, 4.69) is 28.2 Å². The second kappa shape index (κ2) is 5.29. The summed E-state index contributed by atoms with van der Waals surface area (Å²) in [6, 6.07) is 18.3. The summed E-state index contributed by atoms with van der Waals surface area (Å²) < 4.78 is 0. The largest absolute Gasteiger partial charge is 0.348 e. The molecule has 0 amide bonds. The maximum Gasteiger partial charge on any atom is 0.0922 e. The summed E-state index contributed by atoms with van der Waals surface area (Å²) in [5.41, 5.74) is 3.44. The van der Waals surface area contributed by atoms with E-state index in [-0.39, 0.29) is 5.92 Å². The minimum Gasteiger partial charge on any atom is -0.348 e. The molecule has 0 aliphatic heterocycles. The molecule has 3 rings (SSSR count). The van der Waals surface area contributed by atoms with Gasteiger partial charge in [0.2, 0.25) is 0 Å². The number of benzene rings is 2. The van der Waals surface area contributed by atoms with Gasteiger partial charge in [-0.3, -0.25) is 0 Å². The number of aromatic amines is 1. The molecule has 1 heterocycles. The normalized spacial score (nSPS) is 12.3. The van der Waals surface area contributed by atoms with E-state index in [1.807, 2.05) is 42.6 Å². The maximum atomic E-state index is 6.11. The monoisotopic (exact) mass is 268 g/mol. The molecule has 0 saturated carbocycles. The van der Waals surface area contributed by atoms with Crippen molar-refractivity contribution in [3.63, 3.8) is 0 Å². The van der Waals surface area contributed by atoms with Gasteiger partial charge in [0.25, 0.3) is 0 Å². The van der Waals surface area contributed by atoms with Gasteiger partial charge in [0, 0.05) is 16.9 Å². The number of imidazole rings is 1. The lowest BCUT2D eigenvalue weighted by molar-refractivity contribution is 0.933. The Balaban J connectivity index is 2.12. The number of H-pyrrole nitrogens is 1. The molecule has 1 N–H and O–H groups in total. The van der Waals surface area contributed by atoms with Crippen LogP contribution < -0.4 is 0 Å². The smallest absolute Gasteiger partial charge is 0.0922 e. The first-order valence-corrected chi connectivity index (χ1v) is 6.51. The Morgan fingerprint density at radius 2 is 1.74 bits per heavy atom. The van der Waals surface area contributed by atoms with Gasteiger partial charge in [-0.15, -0.1) is 0 Å². The fourth-order valence-corrected chi connectivity index (χ4v) is 2.51. The van der Waals surface area contributed by atoms with Crippen LogP contribution in [0.5, 0.6) is 0 Å². The van der Waals surface area contributed by atoms with Crippen molar-refractivity contribution >= 4 is 11.6 Å². The van der Waals surface area contributed by atoms with Crippen LogP contribution in [0.3, 0.4) is 0 Å². The summed E-state index contributed by atoms with van der Waals surface area (Å²) in [4.78, 5) is 7.33. The topological polar surface area (TPSA) is 28.7 Å². The Labute approximate surface area is 117 Å². The highest BCUT2D eigenvalue weighted by Crippen LogP contribution is 2.31. The zero-order chi connectivity index (χ0) is 13.1. The van der Waals surface area contributed by atoms with Crippen LogP contribution >= 0.6 is 11.6 Å². The third-order valence-electron chi connectivity index (χ3n) is 3.15. The van der Waals surface area contributed by atoms with E-state index in [0.717, 1.165) is 16.3 Å². The van der Waals surface area contributed by atoms with E-state index in [9.17, 15) is 0 Å². The van der Waals surface area contributed by atoms with E-state index in [1.165, 1.54) is 5.56 Å². The van der Waals surface area contributed by atoms with Gasteiger partial charge in [-0.1, -0.05) is 54.1 Å². The minimum atomic E-state index is 0.127. The summed E-state index contributed by atoms with van der Waals surface area (Å²) in [5.74, 6) is 0.127. The molecule has 3 heteroatoms. The molecular formula is C16H13ClN2. The van der Waals surface area contributed by atoms with Crippen LogP contribution in [0.15, 0.2) is 67.1 Å². The number of hydrogen-bond acceptors (Lipinski definition) is 1. The third kappa shape index (κ3) is 2.54. The Morgan fingerprint density at radius 3 is 2.42 bits per heavy atom. The molecule has 0 fully saturated rings. The van der Waals surface area contributed by atoms with E-state index >= 15 is 0 Å². The van der Waals surface area contributed by atoms with E-state index in [1.54, 1.807) is 6.33 Å². The summed E-state index contributed by atoms with van der Waals surface area (Å²) in [7, 11) is 0. The molecule has 1 unspecified atom stereocenters. The van der Waals surface area contributed by atoms with Gasteiger partial charge in [-0.05, 0) is 23.3 Å². The van der Waals surface area contributed by atoms with Crippen LogP contribution in [0.2, 0.25) is 5.02 Å². The summed E-state index contributed by atoms with van der Waals surface area (Å²) in [6.07, 6.45) is 3.56. The van der Waals surface area contributed by atoms with Gasteiger partial charge in [0.05, 0.1) is 12.2 Å². The van der Waals surface area contributed by atoms with Crippen molar-refractivity contribution < 1.29 is 0 Å². The molecule has 0 radical (unpaired) electrons. The van der Waals surface area contributed by atoms with Gasteiger partial charge in [-0.2, -0.15) is 0 Å². The Morgan fingerprint density at radius 1 is 0.947 bits per heavy atom. The van der Waals surface area contributed by atoms with Gasteiger partial charge in [-0.25, -0.2) is 4.98 Å². The van der Waals surface area contributed by atoms with Crippen LogP contribution in [0, 0.1) is 0 Å². The molecule has 0 aliphatic carbocycles. The first kappa shape index (κ1) is 12.0. The number of aromatic nitrogens is 2. The molecule has 0 bridgehead atoms. The molecule has 19 heavy (non-hydrogen) atoms. The molecule has 2 nitrogen and oxygen atoms in total. The molecule has 0 spiro atoms. The second-order valence-electron chi connectivity index (χ2n) is 4.41. The van der Waals surface area contributed by atoms with E-state index < -0.39 is 0 Å². The fourth-order valence-electron chi connectivity index (χ4n) is 2.31. The standard InChI is InChI=1S/C16H13ClN2/c17-14-8-4-7-13(9-14)16(15-10-18-11-19-15)12-5-2-1-3-6-12/h1-11,16H,(H,18,19). The fraction of sp³-hybridized carbons (Fsp3) is 0.0625.